The van der Waals surface area contributed by atoms with Crippen LogP contribution < -0.4 is 5.32 Å². The maximum atomic E-state index is 12.1. The van der Waals surface area contributed by atoms with Crippen LogP contribution in [0.2, 0.25) is 0 Å². The highest BCUT2D eigenvalue weighted by Crippen LogP contribution is 2.19. The average molecular weight is 328 g/mol. The molecule has 1 N–H and O–H groups in total. The highest BCUT2D eigenvalue weighted by molar-refractivity contribution is 7.92. The van der Waals surface area contributed by atoms with Gasteiger partial charge in [0.1, 0.15) is 12.3 Å². The molecule has 0 aliphatic carbocycles. The molecule has 0 unspecified atom stereocenters. The van der Waals surface area contributed by atoms with Crippen molar-refractivity contribution in [2.45, 2.75) is 24.6 Å². The van der Waals surface area contributed by atoms with Gasteiger partial charge in [0.2, 0.25) is 11.8 Å². The lowest BCUT2D eigenvalue weighted by Gasteiger charge is -2.31. The Morgan fingerprint density at radius 3 is 2.55 bits per heavy atom. The molecule has 1 fully saturated rings. The number of nitrogens with zero attached hydrogens (tertiary/aromatic N) is 3. The molecule has 1 aliphatic heterocycles. The van der Waals surface area contributed by atoms with Gasteiger partial charge in [-0.25, -0.2) is 8.42 Å². The number of hydrogen-bond donors (Lipinski definition) is 1. The van der Waals surface area contributed by atoms with E-state index >= 15 is 0 Å². The Bertz CT molecular complexity index is 618. The van der Waals surface area contributed by atoms with Gasteiger partial charge in [0, 0.05) is 32.5 Å². The van der Waals surface area contributed by atoms with Crippen molar-refractivity contribution >= 4 is 21.7 Å². The van der Waals surface area contributed by atoms with Crippen LogP contribution in [0.3, 0.4) is 0 Å². The first-order chi connectivity index (χ1) is 10.4. The normalized spacial score (nSPS) is 16.5. The van der Waals surface area contributed by atoms with E-state index in [9.17, 15) is 18.0 Å². The van der Waals surface area contributed by atoms with E-state index in [4.69, 9.17) is 0 Å². The summed E-state index contributed by atoms with van der Waals surface area (Å²) in [4.78, 5) is 25.0. The van der Waals surface area contributed by atoms with Crippen molar-refractivity contribution in [1.82, 2.24) is 20.0 Å². The van der Waals surface area contributed by atoms with Gasteiger partial charge < -0.3 is 10.2 Å². The highest BCUT2D eigenvalue weighted by Gasteiger charge is 2.32. The number of likely N-dealkylation sites (tertiary alicyclic amines) is 1. The summed E-state index contributed by atoms with van der Waals surface area (Å²) in [5.74, 6) is -1.07. The van der Waals surface area contributed by atoms with Crippen molar-refractivity contribution in [2.75, 3.05) is 25.9 Å². The summed E-state index contributed by atoms with van der Waals surface area (Å²) < 4.78 is 25.8. The minimum absolute atomic E-state index is 0.0779. The van der Waals surface area contributed by atoms with E-state index in [0.29, 0.717) is 25.9 Å². The highest BCUT2D eigenvalue weighted by atomic mass is 32.2. The molecule has 2 heterocycles. The van der Waals surface area contributed by atoms with E-state index in [0.717, 1.165) is 0 Å². The Morgan fingerprint density at radius 1 is 1.32 bits per heavy atom. The van der Waals surface area contributed by atoms with E-state index in [1.807, 2.05) is 0 Å². The summed E-state index contributed by atoms with van der Waals surface area (Å²) in [7, 11) is -2.05. The number of sulfone groups is 1. The SMILES string of the molecule is CNC(=O)CS(=O)(=O)C1CCN(C(=O)Cn2cccn2)CC1. The van der Waals surface area contributed by atoms with Crippen molar-refractivity contribution in [3.63, 3.8) is 0 Å². The van der Waals surface area contributed by atoms with Gasteiger partial charge in [-0.3, -0.25) is 14.3 Å². The topological polar surface area (TPSA) is 101 Å². The maximum absolute atomic E-state index is 12.1. The second-order valence-electron chi connectivity index (χ2n) is 5.26. The quantitative estimate of drug-likeness (QED) is 0.750. The molecule has 9 heteroatoms. The predicted molar refractivity (Wildman–Crippen MR) is 79.7 cm³/mol. The Kier molecular flexibility index (Phi) is 5.17. The standard InChI is InChI=1S/C13H20N4O4S/c1-14-12(18)10-22(20,21)11-3-7-16(8-4-11)13(19)9-17-6-2-5-15-17/h2,5-6,11H,3-4,7-10H2,1H3,(H,14,18). The zero-order valence-electron chi connectivity index (χ0n) is 12.4. The molecule has 0 spiro atoms. The predicted octanol–water partition coefficient (Wildman–Crippen LogP) is -0.965. The van der Waals surface area contributed by atoms with Gasteiger partial charge in [-0.05, 0) is 18.9 Å². The Labute approximate surface area is 129 Å². The molecular formula is C13H20N4O4S. The number of piperidine rings is 1. The summed E-state index contributed by atoms with van der Waals surface area (Å²) in [6, 6.07) is 1.74. The molecule has 1 aliphatic rings. The largest absolute Gasteiger partial charge is 0.358 e. The molecule has 0 atom stereocenters. The van der Waals surface area contributed by atoms with E-state index in [2.05, 4.69) is 10.4 Å². The average Bonchev–Trinajstić information content (AvgIpc) is 2.99. The van der Waals surface area contributed by atoms with Crippen LogP contribution in [0.25, 0.3) is 0 Å². The van der Waals surface area contributed by atoms with Crippen molar-refractivity contribution in [3.05, 3.63) is 18.5 Å². The zero-order chi connectivity index (χ0) is 16.2. The van der Waals surface area contributed by atoms with Crippen LogP contribution in [0, 0.1) is 0 Å². The zero-order valence-corrected chi connectivity index (χ0v) is 13.3. The van der Waals surface area contributed by atoms with Crippen LogP contribution >= 0.6 is 0 Å². The Balaban J connectivity index is 1.87. The number of carbonyl (C=O) groups excluding carboxylic acids is 2. The molecule has 1 saturated heterocycles. The fraction of sp³-hybridized carbons (Fsp3) is 0.615. The summed E-state index contributed by atoms with van der Waals surface area (Å²) in [6.45, 7) is 0.929. The third-order valence-electron chi connectivity index (χ3n) is 3.77. The Morgan fingerprint density at radius 2 is 2.00 bits per heavy atom. The second kappa shape index (κ2) is 6.91. The van der Waals surface area contributed by atoms with Crippen molar-refractivity contribution in [1.29, 1.82) is 0 Å². The van der Waals surface area contributed by atoms with E-state index in [1.165, 1.54) is 11.7 Å². The summed E-state index contributed by atoms with van der Waals surface area (Å²) in [6.07, 6.45) is 4.04. The molecule has 122 valence electrons. The summed E-state index contributed by atoms with van der Waals surface area (Å²) in [5, 5.41) is 5.74. The van der Waals surface area contributed by atoms with Gasteiger partial charge in [-0.1, -0.05) is 0 Å². The monoisotopic (exact) mass is 328 g/mol. The van der Waals surface area contributed by atoms with E-state index in [-0.39, 0.29) is 12.5 Å². The second-order valence-corrected chi connectivity index (χ2v) is 7.55. The van der Waals surface area contributed by atoms with Crippen LogP contribution in [0.1, 0.15) is 12.8 Å². The first-order valence-corrected chi connectivity index (χ1v) is 8.81. The van der Waals surface area contributed by atoms with Gasteiger partial charge in [-0.15, -0.1) is 0 Å². The van der Waals surface area contributed by atoms with Gasteiger partial charge in [0.25, 0.3) is 0 Å². The molecule has 1 aromatic rings. The molecule has 8 nitrogen and oxygen atoms in total. The van der Waals surface area contributed by atoms with Gasteiger partial charge in [-0.2, -0.15) is 5.10 Å². The molecular weight excluding hydrogens is 308 g/mol. The van der Waals surface area contributed by atoms with Crippen molar-refractivity contribution in [2.24, 2.45) is 0 Å². The van der Waals surface area contributed by atoms with Gasteiger partial charge in [0.05, 0.1) is 5.25 Å². The first kappa shape index (κ1) is 16.5. The lowest BCUT2D eigenvalue weighted by atomic mass is 10.1. The number of nitrogens with one attached hydrogen (secondary N) is 1. The molecule has 1 aromatic heterocycles. The van der Waals surface area contributed by atoms with Crippen LogP contribution in [0.15, 0.2) is 18.5 Å². The number of rotatable bonds is 5. The molecule has 0 saturated carbocycles. The van der Waals surface area contributed by atoms with Gasteiger partial charge in [0.15, 0.2) is 9.84 Å². The van der Waals surface area contributed by atoms with Crippen LogP contribution in [-0.2, 0) is 26.0 Å². The molecule has 0 radical (unpaired) electrons. The Hall–Kier alpha value is -1.90. The molecule has 2 amide bonds. The number of aromatic nitrogens is 2. The lowest BCUT2D eigenvalue weighted by molar-refractivity contribution is -0.132. The van der Waals surface area contributed by atoms with Crippen LogP contribution in [0.4, 0.5) is 0 Å². The third kappa shape index (κ3) is 4.06. The minimum Gasteiger partial charge on any atom is -0.358 e. The van der Waals surface area contributed by atoms with Crippen molar-refractivity contribution < 1.29 is 18.0 Å². The number of carbonyl (C=O) groups is 2. The molecule has 0 bridgehead atoms. The first-order valence-electron chi connectivity index (χ1n) is 7.09. The summed E-state index contributed by atoms with van der Waals surface area (Å²) >= 11 is 0. The van der Waals surface area contributed by atoms with Crippen LogP contribution in [-0.4, -0.2) is 66.1 Å². The molecule has 2 rings (SSSR count). The van der Waals surface area contributed by atoms with E-state index in [1.54, 1.807) is 23.4 Å². The van der Waals surface area contributed by atoms with E-state index < -0.39 is 26.7 Å². The minimum atomic E-state index is -3.46. The maximum Gasteiger partial charge on any atom is 0.244 e. The fourth-order valence-corrected chi connectivity index (χ4v) is 4.14. The number of amides is 2. The van der Waals surface area contributed by atoms with Crippen LogP contribution in [0.5, 0.6) is 0 Å². The molecule has 0 aromatic carbocycles. The fourth-order valence-electron chi connectivity index (χ4n) is 2.47. The van der Waals surface area contributed by atoms with Gasteiger partial charge >= 0.3 is 0 Å². The molecule has 22 heavy (non-hydrogen) atoms. The lowest BCUT2D eigenvalue weighted by Crippen LogP contribution is -2.45. The summed E-state index contributed by atoms with van der Waals surface area (Å²) in [5.41, 5.74) is 0. The third-order valence-corrected chi connectivity index (χ3v) is 5.92. The smallest absolute Gasteiger partial charge is 0.244 e. The number of hydrogen-bond acceptors (Lipinski definition) is 5. The van der Waals surface area contributed by atoms with Crippen molar-refractivity contribution in [3.8, 4) is 0 Å².